The lowest BCUT2D eigenvalue weighted by molar-refractivity contribution is 0.544. The molecule has 1 aromatic heterocycles. The maximum atomic E-state index is 6.50. The molecule has 0 fully saturated rings. The summed E-state index contributed by atoms with van der Waals surface area (Å²) in [7, 11) is 0. The van der Waals surface area contributed by atoms with Gasteiger partial charge in [0.05, 0.1) is 0 Å². The molecule has 0 saturated heterocycles. The highest BCUT2D eigenvalue weighted by Gasteiger charge is 1.96. The van der Waals surface area contributed by atoms with E-state index in [0.29, 0.717) is 0 Å². The van der Waals surface area contributed by atoms with Gasteiger partial charge in [0.1, 0.15) is 0 Å². The monoisotopic (exact) mass is 276 g/mol. The average Bonchev–Trinajstić information content (AvgIpc) is 2.92. The van der Waals surface area contributed by atoms with E-state index in [9.17, 15) is 0 Å². The number of hydrogen-bond donors (Lipinski definition) is 0. The number of nitrogens with zero attached hydrogens (tertiary/aromatic N) is 2. The Morgan fingerprint density at radius 1 is 0.900 bits per heavy atom. The molecule has 0 spiro atoms. The summed E-state index contributed by atoms with van der Waals surface area (Å²) in [5, 5.41) is 6.50. The molecule has 0 aliphatic heterocycles. The minimum atomic E-state index is 1.21. The van der Waals surface area contributed by atoms with Gasteiger partial charge in [-0.15, -0.1) is 0 Å². The first-order valence-corrected chi connectivity index (χ1v) is 8.27. The van der Waals surface area contributed by atoms with Crippen molar-refractivity contribution < 1.29 is 0 Å². The summed E-state index contributed by atoms with van der Waals surface area (Å²) in [6.45, 7) is 9.23. The van der Waals surface area contributed by atoms with E-state index in [1.165, 1.54) is 76.3 Å². The minimum Gasteiger partial charge on any atom is -0.354 e. The lowest BCUT2D eigenvalue weighted by Gasteiger charge is -2.03. The number of rotatable bonds is 11. The lowest BCUT2D eigenvalue weighted by atomic mass is 10.1. The molecule has 0 aliphatic rings. The fourth-order valence-electron chi connectivity index (χ4n) is 2.49. The second-order valence-corrected chi connectivity index (χ2v) is 5.48. The van der Waals surface area contributed by atoms with E-state index in [1.807, 2.05) is 0 Å². The zero-order chi connectivity index (χ0) is 15.1. The van der Waals surface area contributed by atoms with Gasteiger partial charge in [-0.05, 0) is 24.5 Å². The summed E-state index contributed by atoms with van der Waals surface area (Å²) in [5.41, 5.74) is 1.50. The molecule has 0 atom stereocenters. The molecule has 1 heterocycles. The summed E-state index contributed by atoms with van der Waals surface area (Å²) in [6.07, 6.45) is 18.3. The Morgan fingerprint density at radius 3 is 2.10 bits per heavy atom. The second-order valence-electron chi connectivity index (χ2n) is 5.48. The molecule has 0 aromatic carbocycles. The topological polar surface area (TPSA) is 28.7 Å². The van der Waals surface area contributed by atoms with Crippen molar-refractivity contribution in [2.45, 2.75) is 84.6 Å². The molecule has 20 heavy (non-hydrogen) atoms. The van der Waals surface area contributed by atoms with Crippen molar-refractivity contribution >= 4 is 0 Å². The normalized spacial score (nSPS) is 10.0. The zero-order valence-electron chi connectivity index (χ0n) is 13.5. The van der Waals surface area contributed by atoms with Crippen LogP contribution in [0, 0.1) is 11.8 Å². The van der Waals surface area contributed by atoms with Crippen molar-refractivity contribution in [2.75, 3.05) is 0 Å². The maximum Gasteiger partial charge on any atom is 0.0462 e. The Hall–Kier alpha value is -1.23. The van der Waals surface area contributed by atoms with Crippen LogP contribution in [-0.2, 0) is 13.0 Å². The molecule has 114 valence electrons. The molecule has 0 bridgehead atoms. The molecule has 0 unspecified atom stereocenters. The van der Waals surface area contributed by atoms with Crippen LogP contribution in [-0.4, -0.2) is 4.57 Å². The van der Waals surface area contributed by atoms with Crippen molar-refractivity contribution in [3.05, 3.63) is 24.0 Å². The van der Waals surface area contributed by atoms with E-state index in [4.69, 9.17) is 5.26 Å². The average molecular weight is 276 g/mol. The summed E-state index contributed by atoms with van der Waals surface area (Å²) in [6, 6.07) is 2.27. The first kappa shape index (κ1) is 18.8. The number of unbranched alkanes of at least 4 members (excludes halogenated alkanes) is 7. The number of nitriles is 1. The van der Waals surface area contributed by atoms with E-state index in [0.717, 1.165) is 0 Å². The highest BCUT2D eigenvalue weighted by atomic mass is 14.9. The first-order chi connectivity index (χ1) is 9.86. The van der Waals surface area contributed by atoms with Crippen LogP contribution in [0.1, 0.15) is 77.2 Å². The molecule has 1 aromatic rings. The van der Waals surface area contributed by atoms with Crippen LogP contribution in [0.3, 0.4) is 0 Å². The molecule has 1 rings (SSSR count). The fourth-order valence-corrected chi connectivity index (χ4v) is 2.49. The van der Waals surface area contributed by atoms with Gasteiger partial charge in [0.2, 0.25) is 0 Å². The third kappa shape index (κ3) is 9.67. The van der Waals surface area contributed by atoms with Gasteiger partial charge in [-0.25, -0.2) is 5.26 Å². The van der Waals surface area contributed by atoms with Crippen LogP contribution in [0.25, 0.3) is 0 Å². The van der Waals surface area contributed by atoms with Gasteiger partial charge < -0.3 is 4.57 Å². The minimum absolute atomic E-state index is 1.21. The van der Waals surface area contributed by atoms with Crippen LogP contribution in [0.15, 0.2) is 18.5 Å². The summed E-state index contributed by atoms with van der Waals surface area (Å²) >= 11 is 0. The van der Waals surface area contributed by atoms with E-state index < -0.39 is 0 Å². The standard InChI is InChI=1S/C17H31N.CHN/c1-3-5-6-7-8-9-10-11-14-18-15-13-17(16-18)12-4-2;1-2/h13,15-16H,3-12,14H2,1-2H3;1H. The lowest BCUT2D eigenvalue weighted by Crippen LogP contribution is -1.94. The Labute approximate surface area is 125 Å². The van der Waals surface area contributed by atoms with E-state index in [1.54, 1.807) is 0 Å². The highest BCUT2D eigenvalue weighted by molar-refractivity contribution is 5.10. The Morgan fingerprint density at radius 2 is 1.50 bits per heavy atom. The predicted octanol–water partition coefficient (Wildman–Crippen LogP) is 5.72. The van der Waals surface area contributed by atoms with Gasteiger partial charge in [-0.1, -0.05) is 65.2 Å². The molecule has 0 aliphatic carbocycles. The summed E-state index contributed by atoms with van der Waals surface area (Å²) in [5.74, 6) is 0. The largest absolute Gasteiger partial charge is 0.354 e. The smallest absolute Gasteiger partial charge is 0.0462 e. The van der Waals surface area contributed by atoms with Gasteiger partial charge >= 0.3 is 0 Å². The molecule has 0 saturated carbocycles. The van der Waals surface area contributed by atoms with E-state index in [2.05, 4.69) is 43.4 Å². The van der Waals surface area contributed by atoms with Gasteiger partial charge in [0, 0.05) is 25.5 Å². The van der Waals surface area contributed by atoms with Crippen LogP contribution < -0.4 is 0 Å². The van der Waals surface area contributed by atoms with Crippen LogP contribution in [0.5, 0.6) is 0 Å². The quantitative estimate of drug-likeness (QED) is 0.475. The Kier molecular flexibility index (Phi) is 13.3. The van der Waals surface area contributed by atoms with E-state index in [-0.39, 0.29) is 0 Å². The van der Waals surface area contributed by atoms with Crippen molar-refractivity contribution in [3.63, 3.8) is 0 Å². The first-order valence-electron chi connectivity index (χ1n) is 8.27. The molecular weight excluding hydrogens is 244 g/mol. The van der Waals surface area contributed by atoms with Gasteiger partial charge in [0.25, 0.3) is 0 Å². The molecule has 2 heteroatoms. The molecule has 0 amide bonds. The van der Waals surface area contributed by atoms with Gasteiger partial charge in [-0.2, -0.15) is 0 Å². The van der Waals surface area contributed by atoms with Crippen LogP contribution >= 0.6 is 0 Å². The number of aryl methyl sites for hydroxylation is 2. The highest BCUT2D eigenvalue weighted by Crippen LogP contribution is 2.10. The van der Waals surface area contributed by atoms with Crippen LogP contribution in [0.2, 0.25) is 0 Å². The van der Waals surface area contributed by atoms with Gasteiger partial charge in [-0.3, -0.25) is 0 Å². The number of aromatic nitrogens is 1. The van der Waals surface area contributed by atoms with Crippen molar-refractivity contribution in [1.29, 1.82) is 5.26 Å². The zero-order valence-corrected chi connectivity index (χ0v) is 13.5. The molecule has 0 N–H and O–H groups in total. The Balaban J connectivity index is 0.00000172. The molecule has 0 radical (unpaired) electrons. The fraction of sp³-hybridized carbons (Fsp3) is 0.722. The van der Waals surface area contributed by atoms with Crippen LogP contribution in [0.4, 0.5) is 0 Å². The van der Waals surface area contributed by atoms with Gasteiger partial charge in [0.15, 0.2) is 0 Å². The van der Waals surface area contributed by atoms with E-state index >= 15 is 0 Å². The number of hydrogen-bond acceptors (Lipinski definition) is 1. The molecule has 2 nitrogen and oxygen atoms in total. The third-order valence-electron chi connectivity index (χ3n) is 3.62. The van der Waals surface area contributed by atoms with Crippen molar-refractivity contribution in [2.24, 2.45) is 0 Å². The maximum absolute atomic E-state index is 6.50. The third-order valence-corrected chi connectivity index (χ3v) is 3.62. The van der Waals surface area contributed by atoms with Crippen molar-refractivity contribution in [1.82, 2.24) is 4.57 Å². The predicted molar refractivity (Wildman–Crippen MR) is 87.7 cm³/mol. The Bertz CT molecular complexity index is 325. The molecular formula is C18H32N2. The summed E-state index contributed by atoms with van der Waals surface area (Å²) in [4.78, 5) is 0. The second kappa shape index (κ2) is 14.2. The SMILES string of the molecule is C#N.CCCCCCCCCCn1ccc(CCC)c1. The van der Waals surface area contributed by atoms with Crippen molar-refractivity contribution in [3.8, 4) is 6.57 Å². The summed E-state index contributed by atoms with van der Waals surface area (Å²) < 4.78 is 2.36.